The van der Waals surface area contributed by atoms with Crippen LogP contribution in [0.25, 0.3) is 0 Å². The van der Waals surface area contributed by atoms with Gasteiger partial charge in [0.2, 0.25) is 0 Å². The van der Waals surface area contributed by atoms with E-state index in [2.05, 4.69) is 0 Å². The molecular weight excluding hydrogens is 224 g/mol. The lowest BCUT2D eigenvalue weighted by Gasteiger charge is -2.12. The van der Waals surface area contributed by atoms with Crippen LogP contribution in [0.4, 0.5) is 0 Å². The van der Waals surface area contributed by atoms with Gasteiger partial charge in [0, 0.05) is 10.9 Å². The normalized spacial score (nSPS) is 15.5. The molecule has 0 bridgehead atoms. The van der Waals surface area contributed by atoms with Crippen LogP contribution < -0.4 is 0 Å². The first-order chi connectivity index (χ1) is 7.50. The standard InChI is InChI=1S/C13H15ClO2/c1-7(2)10-5-9(14)6-11(13(10)16)12(15)8-3-4-8/h5-8,16H,3-4H2,1-2H3. The molecule has 1 saturated carbocycles. The van der Waals surface area contributed by atoms with Gasteiger partial charge in [-0.2, -0.15) is 0 Å². The summed E-state index contributed by atoms with van der Waals surface area (Å²) in [6, 6.07) is 3.30. The number of aromatic hydroxyl groups is 1. The Kier molecular flexibility index (Phi) is 2.94. The van der Waals surface area contributed by atoms with Crippen molar-refractivity contribution in [3.8, 4) is 5.75 Å². The van der Waals surface area contributed by atoms with Gasteiger partial charge in [-0.25, -0.2) is 0 Å². The lowest BCUT2D eigenvalue weighted by molar-refractivity contribution is 0.0965. The Morgan fingerprint density at radius 1 is 1.44 bits per heavy atom. The smallest absolute Gasteiger partial charge is 0.169 e. The second-order valence-electron chi connectivity index (χ2n) is 4.68. The molecule has 1 fully saturated rings. The molecule has 3 heteroatoms. The second-order valence-corrected chi connectivity index (χ2v) is 5.12. The maximum atomic E-state index is 11.9. The molecular formula is C13H15ClO2. The van der Waals surface area contributed by atoms with E-state index in [1.807, 2.05) is 13.8 Å². The summed E-state index contributed by atoms with van der Waals surface area (Å²) in [5.41, 5.74) is 1.13. The quantitative estimate of drug-likeness (QED) is 0.814. The summed E-state index contributed by atoms with van der Waals surface area (Å²) in [6.07, 6.45) is 1.86. The fraction of sp³-hybridized carbons (Fsp3) is 0.462. The van der Waals surface area contributed by atoms with Gasteiger partial charge in [0.05, 0.1) is 5.56 Å². The van der Waals surface area contributed by atoms with E-state index in [4.69, 9.17) is 11.6 Å². The summed E-state index contributed by atoms with van der Waals surface area (Å²) in [5, 5.41) is 10.6. The topological polar surface area (TPSA) is 37.3 Å². The van der Waals surface area contributed by atoms with E-state index in [9.17, 15) is 9.90 Å². The number of hydrogen-bond acceptors (Lipinski definition) is 2. The zero-order valence-corrected chi connectivity index (χ0v) is 10.2. The molecule has 16 heavy (non-hydrogen) atoms. The molecule has 0 atom stereocenters. The van der Waals surface area contributed by atoms with E-state index in [0.29, 0.717) is 10.6 Å². The number of rotatable bonds is 3. The van der Waals surface area contributed by atoms with Crippen LogP contribution in [0.15, 0.2) is 12.1 Å². The summed E-state index contributed by atoms with van der Waals surface area (Å²) in [6.45, 7) is 3.94. The number of phenolic OH excluding ortho intramolecular Hbond substituents is 1. The van der Waals surface area contributed by atoms with Gasteiger partial charge in [-0.1, -0.05) is 25.4 Å². The average Bonchev–Trinajstić information content (AvgIpc) is 3.03. The van der Waals surface area contributed by atoms with Crippen LogP contribution in [0.1, 0.15) is 48.5 Å². The molecule has 0 radical (unpaired) electrons. The minimum atomic E-state index is 0.0295. The Morgan fingerprint density at radius 3 is 2.56 bits per heavy atom. The number of ketones is 1. The minimum absolute atomic E-state index is 0.0295. The van der Waals surface area contributed by atoms with Crippen LogP contribution in [0.3, 0.4) is 0 Å². The first-order valence-corrected chi connectivity index (χ1v) is 5.95. The molecule has 0 spiro atoms. The Bertz CT molecular complexity index is 434. The number of carbonyl (C=O) groups excluding carboxylic acids is 1. The van der Waals surface area contributed by atoms with Crippen molar-refractivity contribution in [1.29, 1.82) is 0 Å². The molecule has 1 aliphatic rings. The molecule has 1 aliphatic carbocycles. The van der Waals surface area contributed by atoms with Crippen molar-refractivity contribution in [2.75, 3.05) is 0 Å². The zero-order valence-electron chi connectivity index (χ0n) is 9.46. The summed E-state index contributed by atoms with van der Waals surface area (Å²) in [7, 11) is 0. The van der Waals surface area contributed by atoms with Gasteiger partial charge in [-0.15, -0.1) is 0 Å². The van der Waals surface area contributed by atoms with E-state index in [1.54, 1.807) is 12.1 Å². The van der Waals surface area contributed by atoms with Crippen LogP contribution in [0.5, 0.6) is 5.75 Å². The van der Waals surface area contributed by atoms with Crippen LogP contribution in [0, 0.1) is 5.92 Å². The average molecular weight is 239 g/mol. The summed E-state index contributed by atoms with van der Waals surface area (Å²) in [4.78, 5) is 11.9. The van der Waals surface area contributed by atoms with Gasteiger partial charge in [0.25, 0.3) is 0 Å². The fourth-order valence-electron chi connectivity index (χ4n) is 1.81. The van der Waals surface area contributed by atoms with Crippen LogP contribution in [0.2, 0.25) is 5.02 Å². The van der Waals surface area contributed by atoms with Gasteiger partial charge in [-0.3, -0.25) is 4.79 Å². The molecule has 0 amide bonds. The Hall–Kier alpha value is -1.02. The van der Waals surface area contributed by atoms with Gasteiger partial charge < -0.3 is 5.11 Å². The second kappa shape index (κ2) is 4.10. The molecule has 0 unspecified atom stereocenters. The van der Waals surface area contributed by atoms with Crippen LogP contribution in [-0.2, 0) is 0 Å². The third-order valence-corrected chi connectivity index (χ3v) is 3.16. The third-order valence-electron chi connectivity index (χ3n) is 2.94. The number of carbonyl (C=O) groups is 1. The lowest BCUT2D eigenvalue weighted by Crippen LogP contribution is -2.04. The number of halogens is 1. The number of benzene rings is 1. The molecule has 0 aromatic heterocycles. The largest absolute Gasteiger partial charge is 0.507 e. The highest BCUT2D eigenvalue weighted by Gasteiger charge is 2.32. The number of hydrogen-bond donors (Lipinski definition) is 1. The predicted octanol–water partition coefficient (Wildman–Crippen LogP) is 3.76. The summed E-state index contributed by atoms with van der Waals surface area (Å²) < 4.78 is 0. The highest BCUT2D eigenvalue weighted by molar-refractivity contribution is 6.31. The molecule has 1 aromatic carbocycles. The van der Waals surface area contributed by atoms with Gasteiger partial charge in [0.15, 0.2) is 5.78 Å². The van der Waals surface area contributed by atoms with E-state index in [1.165, 1.54) is 0 Å². The van der Waals surface area contributed by atoms with E-state index in [0.717, 1.165) is 18.4 Å². The van der Waals surface area contributed by atoms with E-state index >= 15 is 0 Å². The highest BCUT2D eigenvalue weighted by atomic mass is 35.5. The maximum absolute atomic E-state index is 11.9. The first-order valence-electron chi connectivity index (χ1n) is 5.57. The molecule has 0 saturated heterocycles. The van der Waals surface area contributed by atoms with Gasteiger partial charge in [0.1, 0.15) is 5.75 Å². The number of phenols is 1. The predicted molar refractivity (Wildman–Crippen MR) is 64.3 cm³/mol. The lowest BCUT2D eigenvalue weighted by atomic mass is 9.96. The van der Waals surface area contributed by atoms with Gasteiger partial charge in [-0.05, 0) is 36.5 Å². The van der Waals surface area contributed by atoms with Crippen molar-refractivity contribution in [1.82, 2.24) is 0 Å². The zero-order chi connectivity index (χ0) is 11.9. The molecule has 1 aromatic rings. The SMILES string of the molecule is CC(C)c1cc(Cl)cc(C(=O)C2CC2)c1O. The Labute approximate surface area is 100 Å². The van der Waals surface area contributed by atoms with Gasteiger partial charge >= 0.3 is 0 Å². The molecule has 2 rings (SSSR count). The minimum Gasteiger partial charge on any atom is -0.507 e. The highest BCUT2D eigenvalue weighted by Crippen LogP contribution is 2.39. The number of Topliss-reactive ketones (excluding diaryl/α,β-unsaturated/α-hetero) is 1. The fourth-order valence-corrected chi connectivity index (χ4v) is 2.04. The van der Waals surface area contributed by atoms with E-state index < -0.39 is 0 Å². The Morgan fingerprint density at radius 2 is 2.06 bits per heavy atom. The van der Waals surface area contributed by atoms with Crippen LogP contribution >= 0.6 is 11.6 Å². The summed E-state index contributed by atoms with van der Waals surface area (Å²) >= 11 is 5.97. The molecule has 86 valence electrons. The van der Waals surface area contributed by atoms with Crippen molar-refractivity contribution in [3.05, 3.63) is 28.3 Å². The van der Waals surface area contributed by atoms with Crippen molar-refractivity contribution in [2.45, 2.75) is 32.6 Å². The van der Waals surface area contributed by atoms with E-state index in [-0.39, 0.29) is 23.4 Å². The Balaban J connectivity index is 2.47. The summed E-state index contributed by atoms with van der Waals surface area (Å²) in [5.74, 6) is 0.395. The monoisotopic (exact) mass is 238 g/mol. The first kappa shape index (κ1) is 11.5. The third kappa shape index (κ3) is 2.07. The molecule has 0 aliphatic heterocycles. The van der Waals surface area contributed by atoms with Crippen molar-refractivity contribution in [2.24, 2.45) is 5.92 Å². The van der Waals surface area contributed by atoms with Crippen LogP contribution in [-0.4, -0.2) is 10.9 Å². The van der Waals surface area contributed by atoms with Crippen molar-refractivity contribution >= 4 is 17.4 Å². The van der Waals surface area contributed by atoms with Crippen molar-refractivity contribution < 1.29 is 9.90 Å². The molecule has 2 nitrogen and oxygen atoms in total. The molecule has 0 heterocycles. The molecule has 1 N–H and O–H groups in total. The van der Waals surface area contributed by atoms with Crippen molar-refractivity contribution in [3.63, 3.8) is 0 Å². The maximum Gasteiger partial charge on any atom is 0.169 e.